The van der Waals surface area contributed by atoms with E-state index in [1.54, 1.807) is 37.3 Å². The van der Waals surface area contributed by atoms with Gasteiger partial charge in [0.15, 0.2) is 5.76 Å². The molecule has 2 heterocycles. The Morgan fingerprint density at radius 2 is 1.91 bits per heavy atom. The number of aromatic nitrogens is 1. The molecule has 0 radical (unpaired) electrons. The minimum absolute atomic E-state index is 0.234. The first-order valence-corrected chi connectivity index (χ1v) is 10.2. The summed E-state index contributed by atoms with van der Waals surface area (Å²) in [7, 11) is -3.40. The van der Waals surface area contributed by atoms with E-state index in [2.05, 4.69) is 18.8 Å². The van der Waals surface area contributed by atoms with Gasteiger partial charge in [0.25, 0.3) is 0 Å². The highest BCUT2D eigenvalue weighted by atomic mass is 32.1. The van der Waals surface area contributed by atoms with Gasteiger partial charge in [-0.15, -0.1) is 11.3 Å². The van der Waals surface area contributed by atoms with Crippen molar-refractivity contribution >= 4 is 24.4 Å². The summed E-state index contributed by atoms with van der Waals surface area (Å²) in [6.45, 7) is 10.5. The van der Waals surface area contributed by atoms with Crippen LogP contribution in [0.25, 0.3) is 11.5 Å². The van der Waals surface area contributed by atoms with Gasteiger partial charge in [-0.25, -0.2) is 4.98 Å². The van der Waals surface area contributed by atoms with Gasteiger partial charge in [0.1, 0.15) is 5.69 Å². The monoisotopic (exact) mass is 357 g/mol. The average Bonchev–Trinajstić information content (AvgIpc) is 3.05. The SMILES string of the molecule is CCOP(=O)(OCC)c1ccc(-c2nc(C)sc2CC(C)C)o1. The molecule has 0 fully saturated rings. The molecule has 0 aromatic carbocycles. The van der Waals surface area contributed by atoms with Gasteiger partial charge in [0.2, 0.25) is 5.50 Å². The second-order valence-electron chi connectivity index (χ2n) is 5.57. The number of thiazole rings is 1. The van der Waals surface area contributed by atoms with Crippen molar-refractivity contribution in [3.05, 3.63) is 22.0 Å². The van der Waals surface area contributed by atoms with Crippen LogP contribution in [-0.2, 0) is 20.0 Å². The number of hydrogen-bond donors (Lipinski definition) is 0. The molecule has 0 N–H and O–H groups in total. The maximum Gasteiger partial charge on any atom is 0.396 e. The maximum absolute atomic E-state index is 12.8. The van der Waals surface area contributed by atoms with Crippen LogP contribution in [0.15, 0.2) is 16.5 Å². The molecule has 0 aliphatic carbocycles. The zero-order valence-corrected chi connectivity index (χ0v) is 16.0. The van der Waals surface area contributed by atoms with Crippen LogP contribution in [0.4, 0.5) is 0 Å². The lowest BCUT2D eigenvalue weighted by atomic mass is 10.1. The fraction of sp³-hybridized carbons (Fsp3) is 0.562. The molecule has 2 rings (SSSR count). The fourth-order valence-electron chi connectivity index (χ4n) is 2.28. The first kappa shape index (κ1) is 18.4. The predicted molar refractivity (Wildman–Crippen MR) is 93.6 cm³/mol. The first-order valence-electron chi connectivity index (χ1n) is 7.85. The normalized spacial score (nSPS) is 12.3. The highest BCUT2D eigenvalue weighted by Crippen LogP contribution is 2.48. The number of hydrogen-bond acceptors (Lipinski definition) is 6. The zero-order chi connectivity index (χ0) is 17.0. The van der Waals surface area contributed by atoms with Crippen molar-refractivity contribution in [1.82, 2.24) is 4.98 Å². The summed E-state index contributed by atoms with van der Waals surface area (Å²) < 4.78 is 29.2. The third kappa shape index (κ3) is 4.32. The van der Waals surface area contributed by atoms with E-state index in [0.29, 0.717) is 24.9 Å². The molecule has 0 atom stereocenters. The maximum atomic E-state index is 12.8. The highest BCUT2D eigenvalue weighted by Gasteiger charge is 2.31. The molecule has 7 heteroatoms. The van der Waals surface area contributed by atoms with Crippen LogP contribution in [0.5, 0.6) is 0 Å². The lowest BCUT2D eigenvalue weighted by molar-refractivity contribution is 0.225. The lowest BCUT2D eigenvalue weighted by Gasteiger charge is -2.13. The van der Waals surface area contributed by atoms with Crippen LogP contribution in [-0.4, -0.2) is 18.2 Å². The summed E-state index contributed by atoms with van der Waals surface area (Å²) in [5.41, 5.74) is 1.06. The molecule has 23 heavy (non-hydrogen) atoms. The van der Waals surface area contributed by atoms with Gasteiger partial charge in [0.05, 0.1) is 18.2 Å². The van der Waals surface area contributed by atoms with Gasteiger partial charge in [0, 0.05) is 4.88 Å². The quantitative estimate of drug-likeness (QED) is 0.635. The topological polar surface area (TPSA) is 61.6 Å². The first-order chi connectivity index (χ1) is 10.9. The van der Waals surface area contributed by atoms with Crippen molar-refractivity contribution < 1.29 is 18.0 Å². The Balaban J connectivity index is 2.37. The molecule has 0 unspecified atom stereocenters. The number of rotatable bonds is 8. The van der Waals surface area contributed by atoms with Crippen molar-refractivity contribution in [2.75, 3.05) is 13.2 Å². The van der Waals surface area contributed by atoms with Gasteiger partial charge >= 0.3 is 7.60 Å². The number of aryl methyl sites for hydroxylation is 1. The van der Waals surface area contributed by atoms with E-state index in [0.717, 1.165) is 17.1 Å². The Kier molecular flexibility index (Phi) is 6.20. The minimum Gasteiger partial charge on any atom is -0.446 e. The van der Waals surface area contributed by atoms with E-state index < -0.39 is 7.60 Å². The van der Waals surface area contributed by atoms with Crippen LogP contribution in [0, 0.1) is 12.8 Å². The molecular weight excluding hydrogens is 333 g/mol. The second-order valence-corrected chi connectivity index (χ2v) is 8.81. The summed E-state index contributed by atoms with van der Waals surface area (Å²) in [6.07, 6.45) is 0.936. The van der Waals surface area contributed by atoms with Crippen molar-refractivity contribution in [3.63, 3.8) is 0 Å². The van der Waals surface area contributed by atoms with Crippen molar-refractivity contribution in [2.24, 2.45) is 5.92 Å². The minimum atomic E-state index is -3.40. The van der Waals surface area contributed by atoms with E-state index in [-0.39, 0.29) is 5.50 Å². The second kappa shape index (κ2) is 7.75. The molecule has 0 spiro atoms. The van der Waals surface area contributed by atoms with Gasteiger partial charge < -0.3 is 13.5 Å². The lowest BCUT2D eigenvalue weighted by Crippen LogP contribution is -2.08. The summed E-state index contributed by atoms with van der Waals surface area (Å²) in [5, 5.41) is 0.992. The standard InChI is InChI=1S/C16H24NO4PS/c1-6-19-22(18,20-7-2)15-9-8-13(21-15)16-14(10-11(3)4)23-12(5)17-16/h8-9,11H,6-7,10H2,1-5H3. The highest BCUT2D eigenvalue weighted by molar-refractivity contribution is 7.61. The van der Waals surface area contributed by atoms with E-state index in [1.807, 2.05) is 6.92 Å². The van der Waals surface area contributed by atoms with Gasteiger partial charge in [-0.3, -0.25) is 4.57 Å². The molecule has 0 amide bonds. The number of nitrogens with zero attached hydrogens (tertiary/aromatic N) is 1. The third-order valence-electron chi connectivity index (χ3n) is 3.09. The summed E-state index contributed by atoms with van der Waals surface area (Å²) in [6, 6.07) is 3.45. The van der Waals surface area contributed by atoms with E-state index >= 15 is 0 Å². The smallest absolute Gasteiger partial charge is 0.396 e. The Hall–Kier alpha value is -0.940. The van der Waals surface area contributed by atoms with Crippen LogP contribution in [0.1, 0.15) is 37.6 Å². The van der Waals surface area contributed by atoms with Crippen LogP contribution in [0.3, 0.4) is 0 Å². The Morgan fingerprint density at radius 1 is 1.26 bits per heavy atom. The molecule has 0 bridgehead atoms. The Morgan fingerprint density at radius 3 is 2.48 bits per heavy atom. The van der Waals surface area contributed by atoms with Crippen molar-refractivity contribution in [2.45, 2.75) is 41.0 Å². The molecule has 0 aliphatic rings. The largest absolute Gasteiger partial charge is 0.446 e. The van der Waals surface area contributed by atoms with Gasteiger partial charge in [-0.05, 0) is 45.2 Å². The van der Waals surface area contributed by atoms with E-state index in [4.69, 9.17) is 13.5 Å². The average molecular weight is 357 g/mol. The molecular formula is C16H24NO4PS. The van der Waals surface area contributed by atoms with Gasteiger partial charge in [-0.2, -0.15) is 0 Å². The Labute approximate surface area is 141 Å². The fourth-order valence-corrected chi connectivity index (χ4v) is 4.91. The molecule has 2 aromatic heterocycles. The molecule has 2 aromatic rings. The third-order valence-corrected chi connectivity index (χ3v) is 6.06. The van der Waals surface area contributed by atoms with Gasteiger partial charge in [-0.1, -0.05) is 13.8 Å². The van der Waals surface area contributed by atoms with Crippen LogP contribution in [0.2, 0.25) is 0 Å². The Bertz CT molecular complexity index is 682. The summed E-state index contributed by atoms with van der Waals surface area (Å²) in [5.74, 6) is 1.14. The van der Waals surface area contributed by atoms with Crippen LogP contribution < -0.4 is 5.50 Å². The van der Waals surface area contributed by atoms with E-state index in [1.165, 1.54) is 4.88 Å². The van der Waals surface area contributed by atoms with Crippen molar-refractivity contribution in [1.29, 1.82) is 0 Å². The summed E-state index contributed by atoms with van der Waals surface area (Å²) in [4.78, 5) is 5.76. The molecule has 0 aliphatic heterocycles. The van der Waals surface area contributed by atoms with Crippen molar-refractivity contribution in [3.8, 4) is 11.5 Å². The van der Waals surface area contributed by atoms with E-state index in [9.17, 15) is 4.57 Å². The number of furan rings is 1. The predicted octanol–water partition coefficient (Wildman–Crippen LogP) is 4.80. The molecule has 128 valence electrons. The molecule has 0 saturated carbocycles. The summed E-state index contributed by atoms with van der Waals surface area (Å²) >= 11 is 1.67. The van der Waals surface area contributed by atoms with Crippen LogP contribution >= 0.6 is 18.9 Å². The molecule has 0 saturated heterocycles. The zero-order valence-electron chi connectivity index (χ0n) is 14.3. The molecule has 5 nitrogen and oxygen atoms in total.